The van der Waals surface area contributed by atoms with E-state index in [1.54, 1.807) is 0 Å². The number of hydrogen-bond donors (Lipinski definition) is 0. The van der Waals surface area contributed by atoms with Crippen molar-refractivity contribution in [2.24, 2.45) is 0 Å². The lowest BCUT2D eigenvalue weighted by Crippen LogP contribution is -2.06. The topological polar surface area (TPSA) is 26.3 Å². The molecule has 2 nitrogen and oxygen atoms in total. The Hall–Kier alpha value is -0.180. The molecular formula is C16H30O2S. The SMILES string of the molecule is O=C1CCCCCCCCCCCSCCCCO1. The van der Waals surface area contributed by atoms with E-state index in [4.69, 9.17) is 4.74 Å². The predicted octanol–water partition coefficient (Wildman–Crippen LogP) is 4.96. The number of carbonyl (C=O) groups is 1. The van der Waals surface area contributed by atoms with Gasteiger partial charge in [-0.25, -0.2) is 0 Å². The fourth-order valence-electron chi connectivity index (χ4n) is 2.38. The van der Waals surface area contributed by atoms with E-state index >= 15 is 0 Å². The molecule has 0 unspecified atom stereocenters. The highest BCUT2D eigenvalue weighted by Gasteiger charge is 2.02. The minimum Gasteiger partial charge on any atom is -0.466 e. The number of carbonyl (C=O) groups excluding carboxylic acids is 1. The molecule has 0 bridgehead atoms. The van der Waals surface area contributed by atoms with Crippen LogP contribution in [0.15, 0.2) is 0 Å². The van der Waals surface area contributed by atoms with Gasteiger partial charge in [0.05, 0.1) is 6.61 Å². The Bertz CT molecular complexity index is 199. The first kappa shape index (κ1) is 16.9. The van der Waals surface area contributed by atoms with Gasteiger partial charge in [-0.15, -0.1) is 0 Å². The lowest BCUT2D eigenvalue weighted by Gasteiger charge is -2.06. The molecular weight excluding hydrogens is 256 g/mol. The molecule has 0 aliphatic carbocycles. The van der Waals surface area contributed by atoms with Crippen LogP contribution in [0.1, 0.15) is 77.0 Å². The predicted molar refractivity (Wildman–Crippen MR) is 83.7 cm³/mol. The lowest BCUT2D eigenvalue weighted by molar-refractivity contribution is -0.143. The van der Waals surface area contributed by atoms with E-state index in [0.717, 1.165) is 12.8 Å². The smallest absolute Gasteiger partial charge is 0.305 e. The number of hydrogen-bond acceptors (Lipinski definition) is 3. The van der Waals surface area contributed by atoms with Gasteiger partial charge in [-0.2, -0.15) is 11.8 Å². The molecule has 0 aromatic heterocycles. The van der Waals surface area contributed by atoms with E-state index in [1.807, 2.05) is 0 Å². The maximum absolute atomic E-state index is 11.4. The van der Waals surface area contributed by atoms with Gasteiger partial charge in [0, 0.05) is 6.42 Å². The second kappa shape index (κ2) is 12.8. The molecule has 1 aliphatic rings. The number of rotatable bonds is 0. The van der Waals surface area contributed by atoms with Crippen LogP contribution < -0.4 is 0 Å². The maximum atomic E-state index is 11.4. The summed E-state index contributed by atoms with van der Waals surface area (Å²) in [6, 6.07) is 0. The summed E-state index contributed by atoms with van der Waals surface area (Å²) < 4.78 is 5.24. The molecule has 19 heavy (non-hydrogen) atoms. The highest BCUT2D eigenvalue weighted by atomic mass is 32.2. The molecule has 0 amide bonds. The van der Waals surface area contributed by atoms with Crippen LogP contribution in [0.3, 0.4) is 0 Å². The fourth-order valence-corrected chi connectivity index (χ4v) is 3.40. The summed E-state index contributed by atoms with van der Waals surface area (Å²) in [5.74, 6) is 2.53. The van der Waals surface area contributed by atoms with Crippen molar-refractivity contribution in [3.8, 4) is 0 Å². The van der Waals surface area contributed by atoms with Crippen LogP contribution in [-0.2, 0) is 9.53 Å². The summed E-state index contributed by atoms with van der Waals surface area (Å²) in [5.41, 5.74) is 0. The van der Waals surface area contributed by atoms with Crippen molar-refractivity contribution in [3.05, 3.63) is 0 Å². The zero-order chi connectivity index (χ0) is 13.6. The highest BCUT2D eigenvalue weighted by Crippen LogP contribution is 2.14. The van der Waals surface area contributed by atoms with Gasteiger partial charge in [0.25, 0.3) is 0 Å². The van der Waals surface area contributed by atoms with Crippen LogP contribution >= 0.6 is 11.8 Å². The molecule has 0 aromatic rings. The first-order valence-electron chi connectivity index (χ1n) is 8.13. The summed E-state index contributed by atoms with van der Waals surface area (Å²) in [4.78, 5) is 11.4. The summed E-state index contributed by atoms with van der Waals surface area (Å²) in [6.07, 6.45) is 14.6. The van der Waals surface area contributed by atoms with Gasteiger partial charge in [-0.05, 0) is 37.2 Å². The van der Waals surface area contributed by atoms with Gasteiger partial charge in [-0.3, -0.25) is 4.79 Å². The molecule has 112 valence electrons. The van der Waals surface area contributed by atoms with Crippen LogP contribution in [0.4, 0.5) is 0 Å². The summed E-state index contributed by atoms with van der Waals surface area (Å²) in [5, 5.41) is 0. The van der Waals surface area contributed by atoms with E-state index in [9.17, 15) is 4.79 Å². The molecule has 0 atom stereocenters. The van der Waals surface area contributed by atoms with Gasteiger partial charge in [0.2, 0.25) is 0 Å². The quantitative estimate of drug-likeness (QED) is 0.589. The molecule has 0 radical (unpaired) electrons. The zero-order valence-electron chi connectivity index (χ0n) is 12.3. The lowest BCUT2D eigenvalue weighted by atomic mass is 10.1. The van der Waals surface area contributed by atoms with Crippen molar-refractivity contribution < 1.29 is 9.53 Å². The van der Waals surface area contributed by atoms with Gasteiger partial charge in [0.1, 0.15) is 0 Å². The number of esters is 1. The first-order chi connectivity index (χ1) is 9.39. The molecule has 1 saturated heterocycles. The molecule has 0 aromatic carbocycles. The minimum absolute atomic E-state index is 0.00812. The van der Waals surface area contributed by atoms with Crippen molar-refractivity contribution >= 4 is 17.7 Å². The standard InChI is InChI=1S/C16H30O2S/c17-16-12-8-6-4-2-1-3-5-7-10-14-19-15-11-9-13-18-16/h1-15H2. The third kappa shape index (κ3) is 11.4. The second-order valence-corrected chi connectivity index (χ2v) is 6.70. The molecule has 3 heteroatoms. The van der Waals surface area contributed by atoms with E-state index in [2.05, 4.69) is 11.8 Å². The number of cyclic esters (lactones) is 1. The molecule has 0 N–H and O–H groups in total. The Kier molecular flexibility index (Phi) is 11.4. The monoisotopic (exact) mass is 286 g/mol. The van der Waals surface area contributed by atoms with Crippen molar-refractivity contribution in [1.82, 2.24) is 0 Å². The molecule has 0 saturated carbocycles. The maximum Gasteiger partial charge on any atom is 0.305 e. The van der Waals surface area contributed by atoms with E-state index in [1.165, 1.54) is 69.3 Å². The van der Waals surface area contributed by atoms with Crippen LogP contribution in [0, 0.1) is 0 Å². The Morgan fingerprint density at radius 3 is 1.89 bits per heavy atom. The zero-order valence-corrected chi connectivity index (χ0v) is 13.1. The average molecular weight is 286 g/mol. The van der Waals surface area contributed by atoms with Crippen molar-refractivity contribution in [2.75, 3.05) is 18.1 Å². The van der Waals surface area contributed by atoms with Gasteiger partial charge < -0.3 is 4.74 Å². The van der Waals surface area contributed by atoms with E-state index < -0.39 is 0 Å². The average Bonchev–Trinajstić information content (AvgIpc) is 2.41. The van der Waals surface area contributed by atoms with Crippen LogP contribution in [0.2, 0.25) is 0 Å². The second-order valence-electron chi connectivity index (χ2n) is 5.47. The third-order valence-electron chi connectivity index (χ3n) is 3.62. The summed E-state index contributed by atoms with van der Waals surface area (Å²) in [6.45, 7) is 0.624. The van der Waals surface area contributed by atoms with Crippen molar-refractivity contribution in [3.63, 3.8) is 0 Å². The molecule has 1 rings (SSSR count). The molecule has 0 spiro atoms. The number of ether oxygens (including phenoxy) is 1. The van der Waals surface area contributed by atoms with Crippen molar-refractivity contribution in [1.29, 1.82) is 0 Å². The largest absolute Gasteiger partial charge is 0.466 e. The fraction of sp³-hybridized carbons (Fsp3) is 0.938. The Labute approximate surface area is 123 Å². The first-order valence-corrected chi connectivity index (χ1v) is 9.28. The summed E-state index contributed by atoms with van der Waals surface area (Å²) >= 11 is 2.06. The van der Waals surface area contributed by atoms with Gasteiger partial charge in [0.15, 0.2) is 0 Å². The van der Waals surface area contributed by atoms with Crippen LogP contribution in [0.5, 0.6) is 0 Å². The van der Waals surface area contributed by atoms with Gasteiger partial charge in [-0.1, -0.05) is 44.9 Å². The third-order valence-corrected chi connectivity index (χ3v) is 4.77. The van der Waals surface area contributed by atoms with E-state index in [0.29, 0.717) is 13.0 Å². The Morgan fingerprint density at radius 1 is 0.684 bits per heavy atom. The van der Waals surface area contributed by atoms with Crippen molar-refractivity contribution in [2.45, 2.75) is 77.0 Å². The molecule has 1 aliphatic heterocycles. The van der Waals surface area contributed by atoms with Gasteiger partial charge >= 0.3 is 5.97 Å². The minimum atomic E-state index is 0.00812. The van der Waals surface area contributed by atoms with Crippen LogP contribution in [0.25, 0.3) is 0 Å². The molecule has 1 heterocycles. The highest BCUT2D eigenvalue weighted by molar-refractivity contribution is 7.99. The molecule has 1 fully saturated rings. The van der Waals surface area contributed by atoms with Crippen LogP contribution in [-0.4, -0.2) is 24.1 Å². The normalized spacial score (nSPS) is 23.1. The Morgan fingerprint density at radius 2 is 1.21 bits per heavy atom. The summed E-state index contributed by atoms with van der Waals surface area (Å²) in [7, 11) is 0. The Balaban J connectivity index is 2.10. The van der Waals surface area contributed by atoms with E-state index in [-0.39, 0.29) is 5.97 Å². The number of thioether (sulfide) groups is 1.